The van der Waals surface area contributed by atoms with Crippen molar-refractivity contribution in [3.05, 3.63) is 41.5 Å². The molecule has 0 bridgehead atoms. The first-order chi connectivity index (χ1) is 9.10. The van der Waals surface area contributed by atoms with Gasteiger partial charge in [-0.15, -0.1) is 11.8 Å². The quantitative estimate of drug-likeness (QED) is 0.256. The number of nitrogens with one attached hydrogen (secondary N) is 1. The van der Waals surface area contributed by atoms with Crippen molar-refractivity contribution in [2.75, 3.05) is 5.73 Å². The van der Waals surface area contributed by atoms with Gasteiger partial charge in [0.2, 0.25) is 0 Å². The molecule has 8 heteroatoms. The fourth-order valence-electron chi connectivity index (χ4n) is 1.34. The lowest BCUT2D eigenvalue weighted by Crippen LogP contribution is -2.30. The number of hydrogen-bond donors (Lipinski definition) is 3. The summed E-state index contributed by atoms with van der Waals surface area (Å²) in [7, 11) is 0. The highest BCUT2D eigenvalue weighted by molar-refractivity contribution is 7.98. The van der Waals surface area contributed by atoms with E-state index in [0.717, 1.165) is 0 Å². The normalized spacial score (nSPS) is 10.4. The van der Waals surface area contributed by atoms with Crippen LogP contribution in [0.15, 0.2) is 33.7 Å². The zero-order valence-electron chi connectivity index (χ0n) is 9.72. The SMILES string of the molecule is NNC(=O)c1cc(CSc2ccc(N)cc2F)on1. The van der Waals surface area contributed by atoms with E-state index in [1.165, 1.54) is 23.9 Å². The summed E-state index contributed by atoms with van der Waals surface area (Å²) in [6.07, 6.45) is 0. The highest BCUT2D eigenvalue weighted by Gasteiger charge is 2.12. The first kappa shape index (κ1) is 13.4. The van der Waals surface area contributed by atoms with Crippen molar-refractivity contribution < 1.29 is 13.7 Å². The number of hydrogen-bond acceptors (Lipinski definition) is 6. The van der Waals surface area contributed by atoms with Gasteiger partial charge in [-0.05, 0) is 18.2 Å². The number of hydrazine groups is 1. The van der Waals surface area contributed by atoms with Gasteiger partial charge in [-0.2, -0.15) is 0 Å². The predicted molar refractivity (Wildman–Crippen MR) is 68.5 cm³/mol. The Kier molecular flexibility index (Phi) is 4.03. The van der Waals surface area contributed by atoms with Crippen LogP contribution in [0.25, 0.3) is 0 Å². The first-order valence-electron chi connectivity index (χ1n) is 5.24. The largest absolute Gasteiger partial charge is 0.399 e. The molecule has 0 fully saturated rings. The molecule has 0 saturated carbocycles. The van der Waals surface area contributed by atoms with E-state index < -0.39 is 11.7 Å². The van der Waals surface area contributed by atoms with Crippen molar-refractivity contribution >= 4 is 23.4 Å². The molecule has 100 valence electrons. The Bertz CT molecular complexity index is 602. The highest BCUT2D eigenvalue weighted by Crippen LogP contribution is 2.26. The number of carbonyl (C=O) groups is 1. The second kappa shape index (κ2) is 5.72. The van der Waals surface area contributed by atoms with Crippen molar-refractivity contribution in [2.24, 2.45) is 5.84 Å². The lowest BCUT2D eigenvalue weighted by atomic mass is 10.3. The average molecular weight is 282 g/mol. The summed E-state index contributed by atoms with van der Waals surface area (Å²) in [5.74, 6) is 4.81. The molecule has 1 amide bonds. The second-order valence-electron chi connectivity index (χ2n) is 3.63. The lowest BCUT2D eigenvalue weighted by molar-refractivity contribution is 0.0944. The summed E-state index contributed by atoms with van der Waals surface area (Å²) in [4.78, 5) is 11.6. The Morgan fingerprint density at radius 2 is 2.26 bits per heavy atom. The van der Waals surface area contributed by atoms with Crippen LogP contribution in [0.3, 0.4) is 0 Å². The summed E-state index contributed by atoms with van der Waals surface area (Å²) < 4.78 is 18.5. The standard InChI is InChI=1S/C11H11FN4O2S/c12-8-3-6(13)1-2-10(8)19-5-7-4-9(16-18-7)11(17)15-14/h1-4H,5,13-14H2,(H,15,17). The van der Waals surface area contributed by atoms with Gasteiger partial charge in [0.05, 0.1) is 5.75 Å². The van der Waals surface area contributed by atoms with E-state index in [1.54, 1.807) is 12.1 Å². The number of nitrogens with zero attached hydrogens (tertiary/aromatic N) is 1. The monoisotopic (exact) mass is 282 g/mol. The summed E-state index contributed by atoms with van der Waals surface area (Å²) in [6, 6.07) is 5.89. The zero-order chi connectivity index (χ0) is 13.8. The average Bonchev–Trinajstić information content (AvgIpc) is 2.85. The summed E-state index contributed by atoms with van der Waals surface area (Å²) >= 11 is 1.21. The summed E-state index contributed by atoms with van der Waals surface area (Å²) in [5, 5.41) is 3.54. The van der Waals surface area contributed by atoms with Gasteiger partial charge >= 0.3 is 0 Å². The molecule has 1 heterocycles. The number of thioether (sulfide) groups is 1. The maximum Gasteiger partial charge on any atom is 0.287 e. The number of nitrogens with two attached hydrogens (primary N) is 2. The number of aromatic nitrogens is 1. The smallest absolute Gasteiger partial charge is 0.287 e. The van der Waals surface area contributed by atoms with Gasteiger partial charge in [-0.1, -0.05) is 5.16 Å². The number of benzene rings is 1. The number of amides is 1. The predicted octanol–water partition coefficient (Wildman–Crippen LogP) is 1.29. The first-order valence-corrected chi connectivity index (χ1v) is 6.23. The van der Waals surface area contributed by atoms with E-state index in [4.69, 9.17) is 16.1 Å². The molecule has 5 N–H and O–H groups in total. The van der Waals surface area contributed by atoms with Gasteiger partial charge in [0.25, 0.3) is 5.91 Å². The van der Waals surface area contributed by atoms with Crippen LogP contribution in [0, 0.1) is 5.82 Å². The fraction of sp³-hybridized carbons (Fsp3) is 0.0909. The number of anilines is 1. The van der Waals surface area contributed by atoms with Gasteiger partial charge in [0.15, 0.2) is 5.69 Å². The molecule has 1 aromatic heterocycles. The van der Waals surface area contributed by atoms with Crippen molar-refractivity contribution in [1.29, 1.82) is 0 Å². The van der Waals surface area contributed by atoms with Crippen molar-refractivity contribution in [2.45, 2.75) is 10.6 Å². The zero-order valence-corrected chi connectivity index (χ0v) is 10.5. The molecular formula is C11H11FN4O2S. The van der Waals surface area contributed by atoms with Crippen LogP contribution in [0.5, 0.6) is 0 Å². The molecule has 19 heavy (non-hydrogen) atoms. The van der Waals surface area contributed by atoms with Crippen LogP contribution in [-0.4, -0.2) is 11.1 Å². The molecule has 0 aliphatic rings. The molecule has 0 saturated heterocycles. The van der Waals surface area contributed by atoms with Crippen LogP contribution < -0.4 is 17.0 Å². The van der Waals surface area contributed by atoms with Crippen molar-refractivity contribution in [1.82, 2.24) is 10.6 Å². The van der Waals surface area contributed by atoms with Crippen molar-refractivity contribution in [3.8, 4) is 0 Å². The lowest BCUT2D eigenvalue weighted by Gasteiger charge is -2.01. The maximum atomic E-state index is 13.5. The van der Waals surface area contributed by atoms with E-state index in [2.05, 4.69) is 5.16 Å². The molecule has 2 rings (SSSR count). The second-order valence-corrected chi connectivity index (χ2v) is 4.65. The molecule has 0 atom stereocenters. The van der Waals surface area contributed by atoms with E-state index in [9.17, 15) is 9.18 Å². The third-order valence-corrected chi connectivity index (χ3v) is 3.32. The Labute approximate surface area is 112 Å². The van der Waals surface area contributed by atoms with Gasteiger partial charge in [0, 0.05) is 16.6 Å². The fourth-order valence-corrected chi connectivity index (χ4v) is 2.14. The molecule has 0 aliphatic heterocycles. The molecule has 1 aromatic carbocycles. The molecule has 6 nitrogen and oxygen atoms in total. The minimum Gasteiger partial charge on any atom is -0.399 e. The third kappa shape index (κ3) is 3.24. The molecule has 0 spiro atoms. The molecular weight excluding hydrogens is 271 g/mol. The third-order valence-electron chi connectivity index (χ3n) is 2.25. The summed E-state index contributed by atoms with van der Waals surface area (Å²) in [5.41, 5.74) is 7.84. The molecule has 0 aliphatic carbocycles. The maximum absolute atomic E-state index is 13.5. The van der Waals surface area contributed by atoms with Crippen LogP contribution >= 0.6 is 11.8 Å². The van der Waals surface area contributed by atoms with Gasteiger partial charge in [-0.25, -0.2) is 10.2 Å². The number of nitrogen functional groups attached to an aromatic ring is 2. The Morgan fingerprint density at radius 3 is 2.95 bits per heavy atom. The van der Waals surface area contributed by atoms with Gasteiger partial charge in [0.1, 0.15) is 11.6 Å². The number of carbonyl (C=O) groups excluding carboxylic acids is 1. The summed E-state index contributed by atoms with van der Waals surface area (Å²) in [6.45, 7) is 0. The Morgan fingerprint density at radius 1 is 1.47 bits per heavy atom. The molecule has 2 aromatic rings. The molecule has 0 unspecified atom stereocenters. The number of halogens is 1. The van der Waals surface area contributed by atoms with Crippen molar-refractivity contribution in [3.63, 3.8) is 0 Å². The minimum atomic E-state index is -0.543. The Hall–Kier alpha value is -2.06. The van der Waals surface area contributed by atoms with Crippen LogP contribution in [0.4, 0.5) is 10.1 Å². The molecule has 0 radical (unpaired) electrons. The topological polar surface area (TPSA) is 107 Å². The Balaban J connectivity index is 2.02. The van der Waals surface area contributed by atoms with E-state index in [0.29, 0.717) is 22.1 Å². The van der Waals surface area contributed by atoms with E-state index >= 15 is 0 Å². The number of rotatable bonds is 4. The van der Waals surface area contributed by atoms with Gasteiger partial charge in [-0.3, -0.25) is 10.2 Å². The van der Waals surface area contributed by atoms with E-state index in [-0.39, 0.29) is 5.69 Å². The van der Waals surface area contributed by atoms with E-state index in [1.807, 2.05) is 5.43 Å². The van der Waals surface area contributed by atoms with Crippen LogP contribution in [0.1, 0.15) is 16.2 Å². The van der Waals surface area contributed by atoms with Gasteiger partial charge < -0.3 is 10.3 Å². The van der Waals surface area contributed by atoms with Crippen LogP contribution in [-0.2, 0) is 5.75 Å². The van der Waals surface area contributed by atoms with Crippen LogP contribution in [0.2, 0.25) is 0 Å². The minimum absolute atomic E-state index is 0.0795. The highest BCUT2D eigenvalue weighted by atomic mass is 32.2.